The highest BCUT2D eigenvalue weighted by atomic mass is 16.2. The number of fused-ring (bicyclic) bond motifs is 1. The van der Waals surface area contributed by atoms with E-state index in [1.54, 1.807) is 4.68 Å². The third-order valence-electron chi connectivity index (χ3n) is 6.00. The first-order valence-electron chi connectivity index (χ1n) is 10.1. The highest BCUT2D eigenvalue weighted by molar-refractivity contribution is 5.96. The van der Waals surface area contributed by atoms with Crippen LogP contribution in [0.4, 0.5) is 0 Å². The molecular formula is C20H28N6O2. The highest BCUT2D eigenvalue weighted by Gasteiger charge is 2.30. The third kappa shape index (κ3) is 3.43. The highest BCUT2D eigenvalue weighted by Crippen LogP contribution is 2.29. The van der Waals surface area contributed by atoms with E-state index in [1.807, 2.05) is 36.5 Å². The molecule has 8 nitrogen and oxygen atoms in total. The Kier molecular flexibility index (Phi) is 4.95. The SMILES string of the molecule is Cc1nn(C)c(C)c1C(=O)NCc1cc2n(n1)CCCN(C(=O)C1CCC1)C2. The van der Waals surface area contributed by atoms with Gasteiger partial charge in [-0.3, -0.25) is 19.0 Å². The molecular weight excluding hydrogens is 356 g/mol. The molecule has 0 saturated heterocycles. The summed E-state index contributed by atoms with van der Waals surface area (Å²) in [7, 11) is 1.84. The average molecular weight is 384 g/mol. The van der Waals surface area contributed by atoms with Gasteiger partial charge in [-0.05, 0) is 39.2 Å². The third-order valence-corrected chi connectivity index (χ3v) is 6.00. The first-order valence-corrected chi connectivity index (χ1v) is 10.1. The van der Waals surface area contributed by atoms with E-state index >= 15 is 0 Å². The summed E-state index contributed by atoms with van der Waals surface area (Å²) in [6, 6.07) is 2.01. The quantitative estimate of drug-likeness (QED) is 0.869. The minimum atomic E-state index is -0.131. The molecule has 2 aliphatic rings. The Morgan fingerprint density at radius 2 is 1.96 bits per heavy atom. The molecule has 2 aromatic heterocycles. The second kappa shape index (κ2) is 7.41. The van der Waals surface area contributed by atoms with Crippen LogP contribution in [-0.2, 0) is 31.5 Å². The number of aryl methyl sites for hydroxylation is 3. The van der Waals surface area contributed by atoms with Gasteiger partial charge in [0.2, 0.25) is 5.91 Å². The van der Waals surface area contributed by atoms with Gasteiger partial charge < -0.3 is 10.2 Å². The Hall–Kier alpha value is -2.64. The first kappa shape index (κ1) is 18.7. The molecule has 150 valence electrons. The van der Waals surface area contributed by atoms with Gasteiger partial charge in [-0.2, -0.15) is 10.2 Å². The summed E-state index contributed by atoms with van der Waals surface area (Å²) in [6.07, 6.45) is 4.13. The van der Waals surface area contributed by atoms with E-state index in [9.17, 15) is 9.59 Å². The van der Waals surface area contributed by atoms with Crippen molar-refractivity contribution in [3.63, 3.8) is 0 Å². The lowest BCUT2D eigenvalue weighted by atomic mass is 9.84. The molecule has 8 heteroatoms. The smallest absolute Gasteiger partial charge is 0.255 e. The van der Waals surface area contributed by atoms with Gasteiger partial charge in [-0.1, -0.05) is 6.42 Å². The zero-order chi connectivity index (χ0) is 19.8. The van der Waals surface area contributed by atoms with Crippen molar-refractivity contribution >= 4 is 11.8 Å². The van der Waals surface area contributed by atoms with Gasteiger partial charge in [0.1, 0.15) is 0 Å². The van der Waals surface area contributed by atoms with Crippen molar-refractivity contribution in [2.75, 3.05) is 6.54 Å². The van der Waals surface area contributed by atoms with Crippen LogP contribution in [0.1, 0.15) is 58.8 Å². The Morgan fingerprint density at radius 3 is 2.61 bits per heavy atom. The normalized spacial score (nSPS) is 17.0. The maximum absolute atomic E-state index is 12.6. The number of nitrogens with one attached hydrogen (secondary N) is 1. The topological polar surface area (TPSA) is 85.1 Å². The summed E-state index contributed by atoms with van der Waals surface area (Å²) in [5, 5.41) is 11.9. The van der Waals surface area contributed by atoms with Crippen LogP contribution in [0, 0.1) is 19.8 Å². The number of rotatable bonds is 4. The van der Waals surface area contributed by atoms with Crippen LogP contribution in [0.5, 0.6) is 0 Å². The minimum absolute atomic E-state index is 0.131. The van der Waals surface area contributed by atoms with E-state index in [1.165, 1.54) is 6.42 Å². The average Bonchev–Trinajstić information content (AvgIpc) is 3.02. The van der Waals surface area contributed by atoms with Gasteiger partial charge in [0.15, 0.2) is 0 Å². The monoisotopic (exact) mass is 384 g/mol. The van der Waals surface area contributed by atoms with Crippen LogP contribution >= 0.6 is 0 Å². The van der Waals surface area contributed by atoms with Crippen molar-refractivity contribution in [1.82, 2.24) is 29.8 Å². The lowest BCUT2D eigenvalue weighted by Gasteiger charge is -2.30. The van der Waals surface area contributed by atoms with E-state index in [-0.39, 0.29) is 11.8 Å². The van der Waals surface area contributed by atoms with Crippen LogP contribution in [0.25, 0.3) is 0 Å². The summed E-state index contributed by atoms with van der Waals surface area (Å²) < 4.78 is 3.70. The molecule has 2 amide bonds. The van der Waals surface area contributed by atoms with Crippen LogP contribution in [-0.4, -0.2) is 42.8 Å². The molecule has 1 fully saturated rings. The lowest BCUT2D eigenvalue weighted by molar-refractivity contribution is -0.138. The van der Waals surface area contributed by atoms with Crippen molar-refractivity contribution in [2.24, 2.45) is 13.0 Å². The minimum Gasteiger partial charge on any atom is -0.346 e. The largest absolute Gasteiger partial charge is 0.346 e. The Labute approximate surface area is 164 Å². The summed E-state index contributed by atoms with van der Waals surface area (Å²) in [4.78, 5) is 27.2. The van der Waals surface area contributed by atoms with Crippen LogP contribution in [0.2, 0.25) is 0 Å². The van der Waals surface area contributed by atoms with Crippen molar-refractivity contribution in [3.8, 4) is 0 Å². The van der Waals surface area contributed by atoms with Crippen LogP contribution < -0.4 is 5.32 Å². The number of carbonyl (C=O) groups excluding carboxylic acids is 2. The molecule has 1 aliphatic carbocycles. The zero-order valence-corrected chi connectivity index (χ0v) is 16.9. The molecule has 0 unspecified atom stereocenters. The van der Waals surface area contributed by atoms with Gasteiger partial charge in [0.05, 0.1) is 35.7 Å². The molecule has 3 heterocycles. The fraction of sp³-hybridized carbons (Fsp3) is 0.600. The number of hydrogen-bond donors (Lipinski definition) is 1. The standard InChI is InChI=1S/C20H28N6O2/c1-13-18(14(2)24(3)22-13)19(27)21-11-16-10-17-12-25(8-5-9-26(17)23-16)20(28)15-6-4-7-15/h10,15H,4-9,11-12H2,1-3H3,(H,21,27). The van der Waals surface area contributed by atoms with E-state index in [0.717, 1.165) is 55.1 Å². The molecule has 2 aromatic rings. The zero-order valence-electron chi connectivity index (χ0n) is 16.9. The summed E-state index contributed by atoms with van der Waals surface area (Å²) in [5.41, 5.74) is 4.06. The molecule has 28 heavy (non-hydrogen) atoms. The summed E-state index contributed by atoms with van der Waals surface area (Å²) in [6.45, 7) is 6.30. The lowest BCUT2D eigenvalue weighted by Crippen LogP contribution is -2.38. The van der Waals surface area contributed by atoms with Gasteiger partial charge in [0, 0.05) is 31.7 Å². The Morgan fingerprint density at radius 1 is 1.18 bits per heavy atom. The predicted octanol–water partition coefficient (Wildman–Crippen LogP) is 1.70. The van der Waals surface area contributed by atoms with Gasteiger partial charge >= 0.3 is 0 Å². The Balaban J connectivity index is 1.42. The van der Waals surface area contributed by atoms with Gasteiger partial charge in [-0.25, -0.2) is 0 Å². The predicted molar refractivity (Wildman–Crippen MR) is 103 cm³/mol. The molecule has 0 bridgehead atoms. The fourth-order valence-corrected chi connectivity index (χ4v) is 4.07. The van der Waals surface area contributed by atoms with E-state index in [0.29, 0.717) is 24.6 Å². The molecule has 0 aromatic carbocycles. The van der Waals surface area contributed by atoms with E-state index < -0.39 is 0 Å². The number of nitrogens with zero attached hydrogens (tertiary/aromatic N) is 5. The van der Waals surface area contributed by atoms with Crippen LogP contribution in [0.3, 0.4) is 0 Å². The molecule has 0 radical (unpaired) electrons. The molecule has 1 saturated carbocycles. The second-order valence-electron chi connectivity index (χ2n) is 7.94. The fourth-order valence-electron chi connectivity index (χ4n) is 4.07. The van der Waals surface area contributed by atoms with Crippen molar-refractivity contribution in [3.05, 3.63) is 34.4 Å². The van der Waals surface area contributed by atoms with E-state index in [2.05, 4.69) is 15.5 Å². The summed E-state index contributed by atoms with van der Waals surface area (Å²) in [5.74, 6) is 0.380. The molecule has 4 rings (SSSR count). The van der Waals surface area contributed by atoms with Gasteiger partial charge in [-0.15, -0.1) is 0 Å². The Bertz CT molecular complexity index is 908. The number of aromatic nitrogens is 4. The maximum Gasteiger partial charge on any atom is 0.255 e. The second-order valence-corrected chi connectivity index (χ2v) is 7.94. The maximum atomic E-state index is 12.6. The number of hydrogen-bond acceptors (Lipinski definition) is 4. The molecule has 1 aliphatic heterocycles. The van der Waals surface area contributed by atoms with Crippen molar-refractivity contribution in [1.29, 1.82) is 0 Å². The van der Waals surface area contributed by atoms with Crippen LogP contribution in [0.15, 0.2) is 6.07 Å². The van der Waals surface area contributed by atoms with Crippen molar-refractivity contribution in [2.45, 2.75) is 59.2 Å². The molecule has 0 spiro atoms. The summed E-state index contributed by atoms with van der Waals surface area (Å²) >= 11 is 0. The molecule has 1 N–H and O–H groups in total. The number of amides is 2. The van der Waals surface area contributed by atoms with Gasteiger partial charge in [0.25, 0.3) is 5.91 Å². The van der Waals surface area contributed by atoms with E-state index in [4.69, 9.17) is 0 Å². The number of carbonyl (C=O) groups is 2. The molecule has 0 atom stereocenters. The van der Waals surface area contributed by atoms with Crippen molar-refractivity contribution < 1.29 is 9.59 Å². The first-order chi connectivity index (χ1) is 13.4.